The van der Waals surface area contributed by atoms with Gasteiger partial charge in [0, 0.05) is 18.4 Å². The number of alkyl halides is 1. The molecule has 0 aromatic carbocycles. The molecule has 0 N–H and O–H groups in total. The van der Waals surface area contributed by atoms with Crippen molar-refractivity contribution < 1.29 is 0 Å². The van der Waals surface area contributed by atoms with E-state index in [4.69, 9.17) is 0 Å². The van der Waals surface area contributed by atoms with Crippen LogP contribution >= 0.6 is 15.9 Å². The zero-order chi connectivity index (χ0) is 12.1. The van der Waals surface area contributed by atoms with E-state index in [1.165, 1.54) is 25.9 Å². The lowest BCUT2D eigenvalue weighted by atomic mass is 9.83. The molecule has 2 heteroatoms. The van der Waals surface area contributed by atoms with Gasteiger partial charge in [-0.05, 0) is 30.7 Å². The van der Waals surface area contributed by atoms with Crippen LogP contribution in [0.5, 0.6) is 0 Å². The summed E-state index contributed by atoms with van der Waals surface area (Å²) in [5.41, 5.74) is 0.855. The Morgan fingerprint density at radius 1 is 1.00 bits per heavy atom. The Kier molecular flexibility index (Phi) is 6.43. The van der Waals surface area contributed by atoms with Crippen LogP contribution in [0.1, 0.15) is 47.5 Å². The lowest BCUT2D eigenvalue weighted by Crippen LogP contribution is -2.39. The fourth-order valence-corrected chi connectivity index (χ4v) is 3.11. The fourth-order valence-electron chi connectivity index (χ4n) is 2.14. The molecule has 0 bridgehead atoms. The van der Waals surface area contributed by atoms with Crippen LogP contribution in [0.2, 0.25) is 0 Å². The zero-order valence-electron chi connectivity index (χ0n) is 11.4. The Balaban J connectivity index is 4.29. The Bertz CT molecular complexity index is 160. The SMILES string of the molecule is CCC(CC)(CBr)CN(C)CC(C)(C)C. The van der Waals surface area contributed by atoms with Gasteiger partial charge < -0.3 is 4.90 Å². The standard InChI is InChI=1S/C13H28BrN/c1-7-13(8-2,9-14)11-15(6)10-12(3,4)5/h7-11H2,1-6H3. The van der Waals surface area contributed by atoms with Crippen molar-refractivity contribution >= 4 is 15.9 Å². The highest BCUT2D eigenvalue weighted by Gasteiger charge is 2.27. The Hall–Kier alpha value is 0.440. The van der Waals surface area contributed by atoms with Crippen molar-refractivity contribution in [3.8, 4) is 0 Å². The first-order chi connectivity index (χ1) is 6.78. The molecule has 0 aromatic heterocycles. The number of nitrogens with zero attached hydrogens (tertiary/aromatic N) is 1. The summed E-state index contributed by atoms with van der Waals surface area (Å²) in [5, 5.41) is 1.11. The van der Waals surface area contributed by atoms with E-state index >= 15 is 0 Å². The first-order valence-corrected chi connectivity index (χ1v) is 7.15. The third kappa shape index (κ3) is 5.91. The minimum absolute atomic E-state index is 0.397. The molecule has 0 atom stereocenters. The average Bonchev–Trinajstić information content (AvgIpc) is 2.11. The van der Waals surface area contributed by atoms with E-state index in [2.05, 4.69) is 62.5 Å². The van der Waals surface area contributed by atoms with E-state index in [1.54, 1.807) is 0 Å². The van der Waals surface area contributed by atoms with Crippen molar-refractivity contribution in [3.63, 3.8) is 0 Å². The molecule has 0 unspecified atom stereocenters. The molecule has 0 aliphatic heterocycles. The van der Waals surface area contributed by atoms with Crippen LogP contribution < -0.4 is 0 Å². The second-order valence-electron chi connectivity index (χ2n) is 6.07. The van der Waals surface area contributed by atoms with Gasteiger partial charge in [-0.3, -0.25) is 0 Å². The molecule has 15 heavy (non-hydrogen) atoms. The minimum Gasteiger partial charge on any atom is -0.305 e. The molecule has 0 saturated carbocycles. The van der Waals surface area contributed by atoms with Crippen molar-refractivity contribution in [1.82, 2.24) is 4.90 Å². The molecule has 0 aliphatic carbocycles. The van der Waals surface area contributed by atoms with Crippen molar-refractivity contribution in [1.29, 1.82) is 0 Å². The first kappa shape index (κ1) is 15.4. The summed E-state index contributed by atoms with van der Waals surface area (Å²) in [4.78, 5) is 2.48. The van der Waals surface area contributed by atoms with Gasteiger partial charge >= 0.3 is 0 Å². The van der Waals surface area contributed by atoms with Crippen LogP contribution in [-0.4, -0.2) is 30.4 Å². The van der Waals surface area contributed by atoms with E-state index in [0.29, 0.717) is 10.8 Å². The van der Waals surface area contributed by atoms with Crippen LogP contribution in [0, 0.1) is 10.8 Å². The number of hydrogen-bond donors (Lipinski definition) is 0. The van der Waals surface area contributed by atoms with E-state index in [0.717, 1.165) is 5.33 Å². The summed E-state index contributed by atoms with van der Waals surface area (Å²) in [6.45, 7) is 13.9. The minimum atomic E-state index is 0.397. The zero-order valence-corrected chi connectivity index (χ0v) is 12.9. The van der Waals surface area contributed by atoms with Crippen molar-refractivity contribution in [3.05, 3.63) is 0 Å². The lowest BCUT2D eigenvalue weighted by Gasteiger charge is -2.36. The first-order valence-electron chi connectivity index (χ1n) is 6.03. The van der Waals surface area contributed by atoms with Crippen molar-refractivity contribution in [2.75, 3.05) is 25.5 Å². The lowest BCUT2D eigenvalue weighted by molar-refractivity contribution is 0.146. The summed E-state index contributed by atoms with van der Waals surface area (Å²) in [6.07, 6.45) is 2.51. The molecule has 0 spiro atoms. The highest BCUT2D eigenvalue weighted by atomic mass is 79.9. The summed E-state index contributed by atoms with van der Waals surface area (Å²) in [5.74, 6) is 0. The fraction of sp³-hybridized carbons (Fsp3) is 1.00. The monoisotopic (exact) mass is 277 g/mol. The molecule has 1 nitrogen and oxygen atoms in total. The quantitative estimate of drug-likeness (QED) is 0.659. The smallest absolute Gasteiger partial charge is 0.01000 e. The molecule has 0 heterocycles. The Morgan fingerprint density at radius 2 is 1.47 bits per heavy atom. The van der Waals surface area contributed by atoms with Gasteiger partial charge in [-0.1, -0.05) is 50.5 Å². The van der Waals surface area contributed by atoms with E-state index in [-0.39, 0.29) is 0 Å². The second kappa shape index (κ2) is 6.24. The molecule has 0 saturated heterocycles. The van der Waals surface area contributed by atoms with Gasteiger partial charge in [-0.2, -0.15) is 0 Å². The topological polar surface area (TPSA) is 3.24 Å². The summed E-state index contributed by atoms with van der Waals surface area (Å²) in [6, 6.07) is 0. The van der Waals surface area contributed by atoms with Gasteiger partial charge in [-0.15, -0.1) is 0 Å². The predicted molar refractivity (Wildman–Crippen MR) is 73.8 cm³/mol. The highest BCUT2D eigenvalue weighted by Crippen LogP contribution is 2.30. The average molecular weight is 278 g/mol. The molecule has 92 valence electrons. The summed E-state index contributed by atoms with van der Waals surface area (Å²) in [7, 11) is 2.24. The van der Waals surface area contributed by atoms with Gasteiger partial charge in [0.2, 0.25) is 0 Å². The normalized spacial score (nSPS) is 13.6. The van der Waals surface area contributed by atoms with E-state index < -0.39 is 0 Å². The van der Waals surface area contributed by atoms with Crippen molar-refractivity contribution in [2.24, 2.45) is 10.8 Å². The molecular formula is C13H28BrN. The Labute approximate surface area is 105 Å². The molecule has 0 aliphatic rings. The Morgan fingerprint density at radius 3 is 1.73 bits per heavy atom. The highest BCUT2D eigenvalue weighted by molar-refractivity contribution is 9.09. The molecule has 0 amide bonds. The molecule has 0 aromatic rings. The van der Waals surface area contributed by atoms with Gasteiger partial charge in [0.05, 0.1) is 0 Å². The predicted octanol–water partition coefficient (Wildman–Crippen LogP) is 4.17. The van der Waals surface area contributed by atoms with Gasteiger partial charge in [-0.25, -0.2) is 0 Å². The van der Waals surface area contributed by atoms with Gasteiger partial charge in [0.1, 0.15) is 0 Å². The van der Waals surface area contributed by atoms with Gasteiger partial charge in [0.15, 0.2) is 0 Å². The molecule has 0 radical (unpaired) electrons. The molecule has 0 rings (SSSR count). The van der Waals surface area contributed by atoms with Crippen LogP contribution in [0.25, 0.3) is 0 Å². The summed E-state index contributed by atoms with van der Waals surface area (Å²) >= 11 is 3.67. The molecule has 0 fully saturated rings. The number of halogens is 1. The maximum Gasteiger partial charge on any atom is 0.01000 e. The second-order valence-corrected chi connectivity index (χ2v) is 6.63. The van der Waals surface area contributed by atoms with E-state index in [1.807, 2.05) is 0 Å². The van der Waals surface area contributed by atoms with Crippen molar-refractivity contribution in [2.45, 2.75) is 47.5 Å². The maximum absolute atomic E-state index is 3.67. The maximum atomic E-state index is 3.67. The summed E-state index contributed by atoms with van der Waals surface area (Å²) < 4.78 is 0. The van der Waals surface area contributed by atoms with Gasteiger partial charge in [0.25, 0.3) is 0 Å². The third-order valence-corrected chi connectivity index (χ3v) is 4.32. The molecular weight excluding hydrogens is 250 g/mol. The largest absolute Gasteiger partial charge is 0.305 e. The van der Waals surface area contributed by atoms with Crippen LogP contribution in [0.3, 0.4) is 0 Å². The van der Waals surface area contributed by atoms with Crippen LogP contribution in [0.15, 0.2) is 0 Å². The number of rotatable bonds is 6. The van der Waals surface area contributed by atoms with Crippen LogP contribution in [-0.2, 0) is 0 Å². The van der Waals surface area contributed by atoms with E-state index in [9.17, 15) is 0 Å². The number of hydrogen-bond acceptors (Lipinski definition) is 1. The van der Waals surface area contributed by atoms with Crippen LogP contribution in [0.4, 0.5) is 0 Å². The third-order valence-electron chi connectivity index (χ3n) is 3.13.